The number of amides is 1. The molecule has 21 heavy (non-hydrogen) atoms. The van der Waals surface area contributed by atoms with Crippen molar-refractivity contribution in [3.05, 3.63) is 22.4 Å². The van der Waals surface area contributed by atoms with Gasteiger partial charge in [-0.15, -0.1) is 11.3 Å². The van der Waals surface area contributed by atoms with Crippen LogP contribution in [0.4, 0.5) is 4.79 Å². The summed E-state index contributed by atoms with van der Waals surface area (Å²) >= 11 is 1.69. The zero-order valence-electron chi connectivity index (χ0n) is 12.8. The van der Waals surface area contributed by atoms with Gasteiger partial charge in [-0.05, 0) is 38.1 Å². The Balaban J connectivity index is 2.01. The molecule has 2 rings (SSSR count). The maximum Gasteiger partial charge on any atom is 0.409 e. The smallest absolute Gasteiger partial charge is 0.409 e. The Morgan fingerprint density at radius 2 is 2.19 bits per heavy atom. The molecule has 0 unspecified atom stereocenters. The summed E-state index contributed by atoms with van der Waals surface area (Å²) in [5, 5.41) is 5.49. The largest absolute Gasteiger partial charge is 0.453 e. The Hall–Kier alpha value is -1.56. The number of nitrogens with one attached hydrogen (secondary N) is 1. The van der Waals surface area contributed by atoms with Crippen molar-refractivity contribution in [2.45, 2.75) is 38.8 Å². The maximum absolute atomic E-state index is 11.5. The highest BCUT2D eigenvalue weighted by atomic mass is 32.1. The second-order valence-corrected chi connectivity index (χ2v) is 6.39. The van der Waals surface area contributed by atoms with Gasteiger partial charge >= 0.3 is 6.09 Å². The van der Waals surface area contributed by atoms with Crippen LogP contribution >= 0.6 is 11.3 Å². The average Bonchev–Trinajstić information content (AvgIpc) is 3.00. The fourth-order valence-corrected chi connectivity index (χ4v) is 3.03. The van der Waals surface area contributed by atoms with E-state index in [1.54, 1.807) is 16.2 Å². The van der Waals surface area contributed by atoms with Gasteiger partial charge in [-0.1, -0.05) is 6.07 Å². The van der Waals surface area contributed by atoms with Crippen molar-refractivity contribution in [1.82, 2.24) is 10.2 Å². The molecule has 0 atom stereocenters. The van der Waals surface area contributed by atoms with Gasteiger partial charge < -0.3 is 15.0 Å². The lowest BCUT2D eigenvalue weighted by Gasteiger charge is -2.29. The van der Waals surface area contributed by atoms with Gasteiger partial charge in [-0.25, -0.2) is 4.79 Å². The number of likely N-dealkylation sites (tertiary alicyclic amines) is 1. The number of ether oxygens (including phenoxy) is 1. The summed E-state index contributed by atoms with van der Waals surface area (Å²) in [5.74, 6) is 0.969. The minimum Gasteiger partial charge on any atom is -0.453 e. The van der Waals surface area contributed by atoms with Gasteiger partial charge in [-0.3, -0.25) is 4.99 Å². The molecule has 1 aliphatic rings. The Bertz CT molecular complexity index is 477. The third kappa shape index (κ3) is 4.46. The highest BCUT2D eigenvalue weighted by Crippen LogP contribution is 2.17. The minimum absolute atomic E-state index is 0.240. The van der Waals surface area contributed by atoms with E-state index in [-0.39, 0.29) is 12.1 Å². The van der Waals surface area contributed by atoms with Crippen molar-refractivity contribution in [2.75, 3.05) is 20.2 Å². The van der Waals surface area contributed by atoms with E-state index >= 15 is 0 Å². The van der Waals surface area contributed by atoms with Crippen LogP contribution < -0.4 is 5.32 Å². The molecular weight excluding hydrogens is 286 g/mol. The number of rotatable bonds is 3. The molecule has 1 amide bonds. The SMILES string of the molecule is COC(=O)N1CCC(N=C(NC(C)C)c2cccs2)CC1. The van der Waals surface area contributed by atoms with E-state index in [4.69, 9.17) is 9.73 Å². The summed E-state index contributed by atoms with van der Waals surface area (Å²) in [6.07, 6.45) is 1.52. The number of carbonyl (C=O) groups excluding carboxylic acids is 1. The van der Waals surface area contributed by atoms with Gasteiger partial charge in [-0.2, -0.15) is 0 Å². The molecule has 1 aliphatic heterocycles. The monoisotopic (exact) mass is 309 g/mol. The van der Waals surface area contributed by atoms with Crippen LogP contribution in [0.2, 0.25) is 0 Å². The molecule has 0 aromatic carbocycles. The van der Waals surface area contributed by atoms with Gasteiger partial charge in [0.15, 0.2) is 0 Å². The van der Waals surface area contributed by atoms with Crippen LogP contribution in [0.15, 0.2) is 22.5 Å². The summed E-state index contributed by atoms with van der Waals surface area (Å²) in [4.78, 5) is 19.3. The number of methoxy groups -OCH3 is 1. The number of hydrogen-bond acceptors (Lipinski definition) is 4. The zero-order valence-corrected chi connectivity index (χ0v) is 13.7. The predicted octanol–water partition coefficient (Wildman–Crippen LogP) is 2.72. The maximum atomic E-state index is 11.5. The van der Waals surface area contributed by atoms with Crippen molar-refractivity contribution in [3.8, 4) is 0 Å². The number of hydrogen-bond donors (Lipinski definition) is 1. The third-order valence-corrected chi connectivity index (χ3v) is 4.27. The Morgan fingerprint density at radius 1 is 1.48 bits per heavy atom. The van der Waals surface area contributed by atoms with Crippen LogP contribution in [0.25, 0.3) is 0 Å². The van der Waals surface area contributed by atoms with Gasteiger partial charge in [0.05, 0.1) is 18.0 Å². The van der Waals surface area contributed by atoms with Crippen LogP contribution in [-0.4, -0.2) is 49.1 Å². The molecule has 1 N–H and O–H groups in total. The molecule has 5 nitrogen and oxygen atoms in total. The molecule has 116 valence electrons. The first-order chi connectivity index (χ1) is 10.1. The molecule has 1 saturated heterocycles. The Morgan fingerprint density at radius 3 is 2.71 bits per heavy atom. The molecule has 1 aromatic rings. The van der Waals surface area contributed by atoms with Gasteiger partial charge in [0, 0.05) is 19.1 Å². The first kappa shape index (κ1) is 15.8. The van der Waals surface area contributed by atoms with E-state index in [9.17, 15) is 4.79 Å². The first-order valence-corrected chi connectivity index (χ1v) is 8.19. The number of carbonyl (C=O) groups is 1. The Kier molecular flexibility index (Phi) is 5.61. The zero-order chi connectivity index (χ0) is 15.2. The summed E-state index contributed by atoms with van der Waals surface area (Å²) in [7, 11) is 1.42. The molecule has 1 aromatic heterocycles. The first-order valence-electron chi connectivity index (χ1n) is 7.31. The van der Waals surface area contributed by atoms with Crippen LogP contribution in [0.3, 0.4) is 0 Å². The van der Waals surface area contributed by atoms with Gasteiger partial charge in [0.25, 0.3) is 0 Å². The van der Waals surface area contributed by atoms with Crippen molar-refractivity contribution in [1.29, 1.82) is 0 Å². The van der Waals surface area contributed by atoms with Crippen molar-refractivity contribution in [2.24, 2.45) is 4.99 Å². The third-order valence-electron chi connectivity index (χ3n) is 3.39. The van der Waals surface area contributed by atoms with E-state index in [0.717, 1.165) is 18.7 Å². The second-order valence-electron chi connectivity index (χ2n) is 5.44. The second kappa shape index (κ2) is 7.45. The van der Waals surface area contributed by atoms with E-state index < -0.39 is 0 Å². The van der Waals surface area contributed by atoms with Crippen molar-refractivity contribution < 1.29 is 9.53 Å². The number of nitrogens with zero attached hydrogens (tertiary/aromatic N) is 2. The number of thiophene rings is 1. The lowest BCUT2D eigenvalue weighted by molar-refractivity contribution is 0.113. The fourth-order valence-electron chi connectivity index (χ4n) is 2.35. The molecule has 0 aliphatic carbocycles. The molecule has 0 bridgehead atoms. The molecule has 6 heteroatoms. The summed E-state index contributed by atoms with van der Waals surface area (Å²) in [6.45, 7) is 5.65. The lowest BCUT2D eigenvalue weighted by atomic mass is 10.1. The average molecular weight is 309 g/mol. The Labute approximate surface area is 130 Å². The lowest BCUT2D eigenvalue weighted by Crippen LogP contribution is -2.40. The van der Waals surface area contributed by atoms with E-state index in [1.807, 2.05) is 6.07 Å². The fraction of sp³-hybridized carbons (Fsp3) is 0.600. The van der Waals surface area contributed by atoms with Crippen LogP contribution in [-0.2, 0) is 4.74 Å². The molecule has 2 heterocycles. The summed E-state index contributed by atoms with van der Waals surface area (Å²) < 4.78 is 4.76. The highest BCUT2D eigenvalue weighted by molar-refractivity contribution is 7.12. The van der Waals surface area contributed by atoms with Crippen LogP contribution in [0.5, 0.6) is 0 Å². The number of amidine groups is 1. The van der Waals surface area contributed by atoms with Crippen molar-refractivity contribution >= 4 is 23.3 Å². The predicted molar refractivity (Wildman–Crippen MR) is 86.1 cm³/mol. The van der Waals surface area contributed by atoms with E-state index in [0.29, 0.717) is 19.1 Å². The summed E-state index contributed by atoms with van der Waals surface area (Å²) in [5.41, 5.74) is 0. The number of piperidine rings is 1. The minimum atomic E-state index is -0.240. The highest BCUT2D eigenvalue weighted by Gasteiger charge is 2.23. The van der Waals surface area contributed by atoms with Gasteiger partial charge in [0.2, 0.25) is 0 Å². The van der Waals surface area contributed by atoms with E-state index in [1.165, 1.54) is 12.0 Å². The topological polar surface area (TPSA) is 53.9 Å². The molecule has 0 saturated carbocycles. The van der Waals surface area contributed by atoms with E-state index in [2.05, 4.69) is 30.6 Å². The molecule has 0 spiro atoms. The van der Waals surface area contributed by atoms with Crippen LogP contribution in [0, 0.1) is 0 Å². The quantitative estimate of drug-likeness (QED) is 0.690. The number of aliphatic imine (C=N–C) groups is 1. The van der Waals surface area contributed by atoms with Crippen LogP contribution in [0.1, 0.15) is 31.6 Å². The standard InChI is InChI=1S/C15H23N3O2S/c1-11(2)16-14(13-5-4-10-21-13)17-12-6-8-18(9-7-12)15(19)20-3/h4-5,10-12H,6-9H2,1-3H3,(H,16,17). The van der Waals surface area contributed by atoms with Crippen molar-refractivity contribution in [3.63, 3.8) is 0 Å². The molecule has 0 radical (unpaired) electrons. The summed E-state index contributed by atoms with van der Waals surface area (Å²) in [6, 6.07) is 4.73. The molecule has 1 fully saturated rings. The molecular formula is C15H23N3O2S. The normalized spacial score (nSPS) is 17.1. The van der Waals surface area contributed by atoms with Gasteiger partial charge in [0.1, 0.15) is 5.84 Å².